The zero-order valence-corrected chi connectivity index (χ0v) is 25.4. The van der Waals surface area contributed by atoms with Gasteiger partial charge in [-0.15, -0.1) is 24.8 Å². The molecule has 1 fully saturated rings. The second-order valence-corrected chi connectivity index (χ2v) is 11.8. The van der Waals surface area contributed by atoms with Crippen molar-refractivity contribution in [3.63, 3.8) is 0 Å². The predicted molar refractivity (Wildman–Crippen MR) is 162 cm³/mol. The van der Waals surface area contributed by atoms with Gasteiger partial charge in [-0.2, -0.15) is 13.2 Å². The van der Waals surface area contributed by atoms with Crippen molar-refractivity contribution < 1.29 is 36.2 Å². The van der Waals surface area contributed by atoms with Gasteiger partial charge in [-0.3, -0.25) is 19.9 Å². The van der Waals surface area contributed by atoms with Gasteiger partial charge in [0.15, 0.2) is 5.75 Å². The molecule has 16 heteroatoms. The molecule has 2 aliphatic rings. The first-order chi connectivity index (χ1) is 19.2. The lowest BCUT2D eigenvalue weighted by atomic mass is 10.0. The van der Waals surface area contributed by atoms with Crippen LogP contribution in [0.1, 0.15) is 42.0 Å². The lowest BCUT2D eigenvalue weighted by Crippen LogP contribution is -2.40. The first-order valence-corrected chi connectivity index (χ1v) is 14.3. The third-order valence-electron chi connectivity index (χ3n) is 6.98. The smallest absolute Gasteiger partial charge is 0.420 e. The van der Waals surface area contributed by atoms with E-state index >= 15 is 0 Å². The molecule has 2 heterocycles. The molecule has 0 amide bonds. The van der Waals surface area contributed by atoms with Crippen LogP contribution in [0.2, 0.25) is 0 Å². The van der Waals surface area contributed by atoms with Crippen LogP contribution in [0.25, 0.3) is 6.08 Å². The minimum Gasteiger partial charge on any atom is -0.490 e. The van der Waals surface area contributed by atoms with E-state index in [2.05, 4.69) is 0 Å². The first-order valence-electron chi connectivity index (χ1n) is 12.7. The molecule has 1 saturated heterocycles. The van der Waals surface area contributed by atoms with Crippen LogP contribution in [-0.2, 0) is 27.4 Å². The number of alkyl halides is 3. The van der Waals surface area contributed by atoms with Gasteiger partial charge >= 0.3 is 12.1 Å². The number of ether oxygens (including phenoxy) is 1. The summed E-state index contributed by atoms with van der Waals surface area (Å²) < 4.78 is 75.5. The lowest BCUT2D eigenvalue weighted by molar-refractivity contribution is -0.139. The summed E-state index contributed by atoms with van der Waals surface area (Å²) in [7, 11) is -4.57. The number of piperidine rings is 1. The molecule has 0 spiro atoms. The fourth-order valence-electron chi connectivity index (χ4n) is 5.03. The fourth-order valence-corrected chi connectivity index (χ4v) is 6.51. The number of likely N-dealkylation sites (tertiary alicyclic amines) is 1. The molecule has 43 heavy (non-hydrogen) atoms. The van der Waals surface area contributed by atoms with Gasteiger partial charge in [-0.05, 0) is 42.7 Å². The van der Waals surface area contributed by atoms with Gasteiger partial charge in [0, 0.05) is 31.5 Å². The van der Waals surface area contributed by atoms with Crippen LogP contribution >= 0.6 is 24.8 Å². The highest BCUT2D eigenvalue weighted by atomic mass is 35.5. The molecule has 4 rings (SSSR count). The lowest BCUT2D eigenvalue weighted by Gasteiger charge is -2.33. The molecule has 0 aliphatic carbocycles. The first kappa shape index (κ1) is 35.7. The van der Waals surface area contributed by atoms with Crippen molar-refractivity contribution in [1.82, 2.24) is 4.90 Å². The number of fused-ring (bicyclic) bond motifs is 1. The second kappa shape index (κ2) is 13.9. The number of hydrogen-bond donors (Lipinski definition) is 4. The number of nitrogens with zero attached hydrogens (tertiary/aromatic N) is 2. The number of amidine groups is 2. The third kappa shape index (κ3) is 8.33. The molecular formula is C27H32Cl2F3N5O5S. The average molecular weight is 667 g/mol. The van der Waals surface area contributed by atoms with E-state index in [1.165, 1.54) is 12.1 Å². The molecule has 10 nitrogen and oxygen atoms in total. The number of nitrogen functional groups attached to an aromatic ring is 1. The largest absolute Gasteiger partial charge is 0.490 e. The van der Waals surface area contributed by atoms with Crippen LogP contribution in [-0.4, -0.2) is 67.1 Å². The molecule has 1 unspecified atom stereocenters. The number of nitrogens with one attached hydrogen (secondary N) is 2. The number of carboxylic acids is 1. The maximum atomic E-state index is 14.2. The van der Waals surface area contributed by atoms with Crippen molar-refractivity contribution in [3.8, 4) is 5.75 Å². The summed E-state index contributed by atoms with van der Waals surface area (Å²) >= 11 is 0. The highest BCUT2D eigenvalue weighted by molar-refractivity contribution is 7.93. The van der Waals surface area contributed by atoms with Crippen molar-refractivity contribution in [2.75, 3.05) is 23.1 Å². The van der Waals surface area contributed by atoms with Crippen LogP contribution in [0.5, 0.6) is 5.75 Å². The van der Waals surface area contributed by atoms with Crippen molar-refractivity contribution >= 4 is 64.2 Å². The Labute approximate surface area is 259 Å². The molecule has 0 aromatic heterocycles. The van der Waals surface area contributed by atoms with Gasteiger partial charge in [0.2, 0.25) is 10.0 Å². The summed E-state index contributed by atoms with van der Waals surface area (Å²) in [6, 6.07) is 7.43. The van der Waals surface area contributed by atoms with E-state index < -0.39 is 51.4 Å². The molecular weight excluding hydrogens is 634 g/mol. The van der Waals surface area contributed by atoms with Crippen LogP contribution in [0.4, 0.5) is 18.9 Å². The Bertz CT molecular complexity index is 1510. The minimum absolute atomic E-state index is 0. The molecule has 2 aromatic carbocycles. The molecule has 5 N–H and O–H groups in total. The SMILES string of the molecule is CC(=N)N1CCC(Oc2cc3c(cc2C(F)(F)F)N(S(=O)(=O)CC(=O)O)C(/C=C/c2cccc(C(=N)N)c2)C3)CC1.Cl.Cl. The van der Waals surface area contributed by atoms with Gasteiger partial charge in [-0.25, -0.2) is 8.42 Å². The number of aliphatic carboxylic acids is 1. The standard InChI is InChI=1S/C27H30F3N5O5S.2ClH/c1-16(31)34-9-7-21(8-10-34)40-24-13-19-12-20(6-5-17-3-2-4-18(11-17)26(32)33)35(41(38,39)15-25(36)37)23(19)14-22(24)27(28,29)30;;/h2-6,11,13-14,20-21,31H,7-10,12,15H2,1H3,(H3,32,33)(H,36,37);2*1H/b6-5+,31-16?;;. The summed E-state index contributed by atoms with van der Waals surface area (Å²) in [5, 5.41) is 24.6. The van der Waals surface area contributed by atoms with Gasteiger partial charge in [0.1, 0.15) is 17.7 Å². The van der Waals surface area contributed by atoms with E-state index in [1.807, 2.05) is 0 Å². The highest BCUT2D eigenvalue weighted by Gasteiger charge is 2.42. The Balaban J connectivity index is 0.00000323. The molecule has 0 bridgehead atoms. The van der Waals surface area contributed by atoms with Crippen molar-refractivity contribution in [1.29, 1.82) is 10.8 Å². The summed E-state index contributed by atoms with van der Waals surface area (Å²) in [6.07, 6.45) is -1.57. The molecule has 0 saturated carbocycles. The Hall–Kier alpha value is -3.49. The number of benzene rings is 2. The number of rotatable bonds is 8. The number of carboxylic acid groups (broad SMARTS) is 1. The number of carbonyl (C=O) groups is 1. The molecule has 236 valence electrons. The third-order valence-corrected chi connectivity index (χ3v) is 8.66. The van der Waals surface area contributed by atoms with E-state index in [1.54, 1.807) is 42.2 Å². The van der Waals surface area contributed by atoms with Crippen molar-refractivity contribution in [2.24, 2.45) is 5.73 Å². The van der Waals surface area contributed by atoms with Gasteiger partial charge < -0.3 is 20.5 Å². The van der Waals surface area contributed by atoms with Crippen LogP contribution in [0.15, 0.2) is 42.5 Å². The monoisotopic (exact) mass is 665 g/mol. The van der Waals surface area contributed by atoms with E-state index in [0.717, 1.165) is 4.31 Å². The fraction of sp³-hybridized carbons (Fsp3) is 0.370. The molecule has 0 radical (unpaired) electrons. The normalized spacial score (nSPS) is 17.2. The van der Waals surface area contributed by atoms with E-state index in [-0.39, 0.29) is 48.3 Å². The van der Waals surface area contributed by atoms with Crippen LogP contribution in [0, 0.1) is 10.8 Å². The molecule has 1 atom stereocenters. The van der Waals surface area contributed by atoms with Crippen molar-refractivity contribution in [3.05, 3.63) is 64.7 Å². The Morgan fingerprint density at radius 3 is 2.37 bits per heavy atom. The van der Waals surface area contributed by atoms with E-state index in [4.69, 9.17) is 21.3 Å². The quantitative estimate of drug-likeness (QED) is 0.238. The molecule has 2 aliphatic heterocycles. The van der Waals surface area contributed by atoms with E-state index in [0.29, 0.717) is 49.0 Å². The second-order valence-electron chi connectivity index (χ2n) is 9.98. The van der Waals surface area contributed by atoms with Gasteiger partial charge in [-0.1, -0.05) is 30.4 Å². The van der Waals surface area contributed by atoms with Gasteiger partial charge in [0.25, 0.3) is 0 Å². The van der Waals surface area contributed by atoms with Crippen LogP contribution < -0.4 is 14.8 Å². The Morgan fingerprint density at radius 2 is 1.81 bits per heavy atom. The summed E-state index contributed by atoms with van der Waals surface area (Å²) in [6.45, 7) is 2.56. The maximum Gasteiger partial charge on any atom is 0.420 e. The minimum atomic E-state index is -4.88. The van der Waals surface area contributed by atoms with Crippen molar-refractivity contribution in [2.45, 2.75) is 44.5 Å². The average Bonchev–Trinajstić information content (AvgIpc) is 3.24. The number of hydrogen-bond acceptors (Lipinski definition) is 6. The summed E-state index contributed by atoms with van der Waals surface area (Å²) in [4.78, 5) is 13.2. The maximum absolute atomic E-state index is 14.2. The number of sulfonamides is 1. The highest BCUT2D eigenvalue weighted by Crippen LogP contribution is 2.45. The summed E-state index contributed by atoms with van der Waals surface area (Å²) in [5.74, 6) is -3.17. The van der Waals surface area contributed by atoms with Gasteiger partial charge in [0.05, 0.1) is 23.1 Å². The predicted octanol–water partition coefficient (Wildman–Crippen LogP) is 4.53. The zero-order chi connectivity index (χ0) is 30.1. The molecule has 2 aromatic rings. The topological polar surface area (TPSA) is 161 Å². The number of anilines is 1. The zero-order valence-electron chi connectivity index (χ0n) is 22.9. The van der Waals surface area contributed by atoms with E-state index in [9.17, 15) is 31.5 Å². The summed E-state index contributed by atoms with van der Waals surface area (Å²) in [5.41, 5.74) is 5.38. The number of halogens is 5. The number of nitrogens with two attached hydrogens (primary N) is 1. The van der Waals surface area contributed by atoms with Crippen LogP contribution in [0.3, 0.4) is 0 Å². The Kier molecular flexibility index (Phi) is 11.5. The Morgan fingerprint density at radius 1 is 1.16 bits per heavy atom.